The second-order valence-corrected chi connectivity index (χ2v) is 28.0. The zero-order valence-corrected chi connectivity index (χ0v) is 46.5. The normalized spacial score (nSPS) is 21.4. The third kappa shape index (κ3) is 20.8. The first-order valence-corrected chi connectivity index (χ1v) is 31.0. The van der Waals surface area contributed by atoms with Gasteiger partial charge in [0.05, 0.1) is 31.3 Å². The lowest BCUT2D eigenvalue weighted by atomic mass is 10.2. The van der Waals surface area contributed by atoms with Gasteiger partial charge in [-0.25, -0.2) is 25.5 Å². The predicted molar refractivity (Wildman–Crippen MR) is 275 cm³/mol. The number of aliphatic hydroxyl groups is 1. The Bertz CT molecular complexity index is 2390. The smallest absolute Gasteiger partial charge is 0.330 e. The first-order chi connectivity index (χ1) is 32.0. The van der Waals surface area contributed by atoms with Crippen LogP contribution in [0.4, 0.5) is 0 Å². The highest BCUT2D eigenvalue weighted by molar-refractivity contribution is 7.65. The first-order valence-electron chi connectivity index (χ1n) is 22.9. The zero-order valence-electron chi connectivity index (χ0n) is 42.9. The van der Waals surface area contributed by atoms with E-state index >= 15 is 0 Å². The molecule has 2 fully saturated rings. The average molecular weight is 1050 g/mol. The minimum absolute atomic E-state index is 0.220. The number of H-pyrrole nitrogens is 2. The maximum atomic E-state index is 12.2. The second-order valence-electron chi connectivity index (χ2n) is 18.6. The standard InChI is InChI=1S/C17H25N3O6P2.C15H32N3OP.C13H19N2O5P/c1-12-11-20(17(22)19-16(12)21)15-10-14(26-27(3)24-8-7-18-2)13(25-15)6-9-28(4,5)23;1-12(2)17(13(3)4)20(19-11-9-10-16)18(14(5)6)15(7)8;1-8-7-15(13(18)14-12(8)17)11-6-9(16)10(20-11)4-5-21(2,3)19/h6,9,11,13-15H,7-8,10H2,1,3-5H3,(H,19,21,22);12-15H,9,11H2,1-8H3;4-5,7,9-11,16H,6H2,1-3H3,(H,14,17,18)/b9-6+;;5-4+/t13-,14-,15-,27?;;9-,10-,11-/m1.1/s1. The number of hydrogen-bond acceptors (Lipinski definition) is 15. The van der Waals surface area contributed by atoms with Gasteiger partial charge in [-0.15, -0.1) is 0 Å². The molecule has 20 nitrogen and oxygen atoms in total. The van der Waals surface area contributed by atoms with E-state index in [4.69, 9.17) is 34.9 Å². The minimum Gasteiger partial charge on any atom is -0.390 e. The van der Waals surface area contributed by atoms with Gasteiger partial charge >= 0.3 is 11.4 Å². The molecule has 0 spiro atoms. The van der Waals surface area contributed by atoms with Crippen molar-refractivity contribution in [3.05, 3.63) is 100 Å². The molecule has 388 valence electrons. The highest BCUT2D eigenvalue weighted by Crippen LogP contribution is 2.51. The van der Waals surface area contributed by atoms with E-state index in [0.717, 1.165) is 0 Å². The van der Waals surface area contributed by atoms with Crippen molar-refractivity contribution < 1.29 is 37.3 Å². The Morgan fingerprint density at radius 2 is 1.25 bits per heavy atom. The van der Waals surface area contributed by atoms with Crippen LogP contribution in [0.15, 0.2) is 55.4 Å². The lowest BCUT2D eigenvalue weighted by Gasteiger charge is -2.45. The van der Waals surface area contributed by atoms with Crippen molar-refractivity contribution in [2.75, 3.05) is 53.1 Å². The van der Waals surface area contributed by atoms with Crippen LogP contribution in [-0.4, -0.2) is 135 Å². The van der Waals surface area contributed by atoms with Crippen molar-refractivity contribution in [2.45, 2.75) is 150 Å². The predicted octanol–water partition coefficient (Wildman–Crippen LogP) is 7.54. The topological polar surface area (TPSA) is 245 Å². The molecule has 0 radical (unpaired) electrons. The van der Waals surface area contributed by atoms with Gasteiger partial charge < -0.3 is 42.1 Å². The van der Waals surface area contributed by atoms with Crippen molar-refractivity contribution in [1.29, 1.82) is 5.26 Å². The molecule has 2 aliphatic heterocycles. The molecule has 0 aromatic carbocycles. The summed E-state index contributed by atoms with van der Waals surface area (Å²) in [6.45, 7) is 37.0. The molecule has 69 heavy (non-hydrogen) atoms. The van der Waals surface area contributed by atoms with E-state index in [0.29, 0.717) is 54.7 Å². The molecule has 7 atom stereocenters. The Kier molecular flexibility index (Phi) is 25.8. The van der Waals surface area contributed by atoms with E-state index in [1.807, 2.05) is 0 Å². The number of nitrogens with zero attached hydrogens (tertiary/aromatic N) is 6. The van der Waals surface area contributed by atoms with Crippen LogP contribution < -0.4 is 22.5 Å². The van der Waals surface area contributed by atoms with Gasteiger partial charge in [-0.3, -0.25) is 28.7 Å². The molecule has 0 aliphatic carbocycles. The van der Waals surface area contributed by atoms with Crippen molar-refractivity contribution in [3.63, 3.8) is 0 Å². The van der Waals surface area contributed by atoms with E-state index in [1.54, 1.807) is 65.1 Å². The molecule has 0 bridgehead atoms. The number of nitriles is 1. The molecular formula is C45H76N8O12P4. The monoisotopic (exact) mass is 1040 g/mol. The molecule has 4 rings (SSSR count). The van der Waals surface area contributed by atoms with Crippen LogP contribution in [0.3, 0.4) is 0 Å². The van der Waals surface area contributed by atoms with Crippen molar-refractivity contribution in [3.8, 4) is 6.07 Å². The summed E-state index contributed by atoms with van der Waals surface area (Å²) in [6.07, 6.45) is 3.50. The summed E-state index contributed by atoms with van der Waals surface area (Å²) >= 11 is 0. The Morgan fingerprint density at radius 3 is 1.67 bits per heavy atom. The molecule has 0 saturated carbocycles. The number of aromatic nitrogens is 4. The molecule has 2 aromatic heterocycles. The molecule has 1 unspecified atom stereocenters. The van der Waals surface area contributed by atoms with Gasteiger partial charge in [-0.1, -0.05) is 0 Å². The van der Waals surface area contributed by atoms with Crippen molar-refractivity contribution >= 4 is 31.1 Å². The highest BCUT2D eigenvalue weighted by atomic mass is 31.2. The van der Waals surface area contributed by atoms with Gasteiger partial charge in [-0.05, 0) is 120 Å². The van der Waals surface area contributed by atoms with Gasteiger partial charge in [0.25, 0.3) is 11.1 Å². The first kappa shape index (κ1) is 61.9. The lowest BCUT2D eigenvalue weighted by Crippen LogP contribution is -2.43. The summed E-state index contributed by atoms with van der Waals surface area (Å²) in [5, 5.41) is 18.7. The Labute approximate surface area is 409 Å². The molecular weight excluding hydrogens is 968 g/mol. The van der Waals surface area contributed by atoms with Gasteiger partial charge in [0.15, 0.2) is 16.8 Å². The summed E-state index contributed by atoms with van der Waals surface area (Å²) in [5.41, 5.74) is -1.24. The molecule has 24 heteroatoms. The fourth-order valence-corrected chi connectivity index (χ4v) is 11.7. The van der Waals surface area contributed by atoms with Crippen LogP contribution in [0.1, 0.15) is 98.2 Å². The molecule has 0 amide bonds. The third-order valence-electron chi connectivity index (χ3n) is 10.1. The summed E-state index contributed by atoms with van der Waals surface area (Å²) in [4.78, 5) is 54.6. The fourth-order valence-electron chi connectivity index (χ4n) is 7.16. The second kappa shape index (κ2) is 28.8. The molecule has 2 aliphatic rings. The summed E-state index contributed by atoms with van der Waals surface area (Å²) in [6, 6.07) is 3.84. The maximum absolute atomic E-state index is 12.2. The number of rotatable bonds is 20. The largest absolute Gasteiger partial charge is 0.390 e. The van der Waals surface area contributed by atoms with E-state index in [2.05, 4.69) is 85.6 Å². The van der Waals surface area contributed by atoms with E-state index in [9.17, 15) is 33.4 Å². The molecule has 4 heterocycles. The van der Waals surface area contributed by atoms with Crippen LogP contribution in [0.25, 0.3) is 4.85 Å². The van der Waals surface area contributed by atoms with E-state index in [-0.39, 0.29) is 19.6 Å². The number of nitrogens with one attached hydrogen (secondary N) is 2. The average Bonchev–Trinajstić information content (AvgIpc) is 3.80. The SMILES string of the molecule is CC(C)N(C(C)C)P(OCCC#N)N(C(C)C)C(C)C.Cc1cn([C@H]2C[C@@H](O)[C@@H](/C=C/P(C)(C)=O)O2)c(=O)[nH]c1=O.[C-]#[N+]CCOP(C)O[C@@H]1C[C@H](n2cc(C)c(=O)[nH]c2=O)O[C@@H]1/C=C/P(C)(C)=O. The van der Waals surface area contributed by atoms with Crippen LogP contribution in [0.2, 0.25) is 0 Å². The van der Waals surface area contributed by atoms with Crippen LogP contribution in [-0.2, 0) is 32.2 Å². The summed E-state index contributed by atoms with van der Waals surface area (Å²) in [7, 11) is -6.84. The number of aliphatic hydroxyl groups excluding tert-OH is 1. The Balaban J connectivity index is 0.000000362. The lowest BCUT2D eigenvalue weighted by molar-refractivity contribution is 0.00480. The number of ether oxygens (including phenoxy) is 2. The van der Waals surface area contributed by atoms with E-state index < -0.39 is 90.5 Å². The summed E-state index contributed by atoms with van der Waals surface area (Å²) in [5.74, 6) is 3.14. The molecule has 2 saturated heterocycles. The summed E-state index contributed by atoms with van der Waals surface area (Å²) < 4.78 is 60.4. The third-order valence-corrected chi connectivity index (χ3v) is 16.1. The molecule has 2 aromatic rings. The quantitative estimate of drug-likeness (QED) is 0.0659. The Hall–Kier alpha value is -3.18. The van der Waals surface area contributed by atoms with Gasteiger partial charge in [-0.2, -0.15) is 5.26 Å². The highest BCUT2D eigenvalue weighted by Gasteiger charge is 2.39. The fraction of sp³-hybridized carbons (Fsp3) is 0.689. The van der Waals surface area contributed by atoms with Crippen LogP contribution in [0, 0.1) is 31.8 Å². The number of hydrogen-bond donors (Lipinski definition) is 3. The number of aromatic amines is 2. The van der Waals surface area contributed by atoms with Gasteiger partial charge in [0, 0.05) is 67.2 Å². The van der Waals surface area contributed by atoms with Gasteiger partial charge in [0.1, 0.15) is 45.6 Å². The van der Waals surface area contributed by atoms with Crippen molar-refractivity contribution in [2.24, 2.45) is 0 Å². The number of aryl methyl sites for hydroxylation is 2. The van der Waals surface area contributed by atoms with Crippen LogP contribution >= 0.6 is 31.1 Å². The van der Waals surface area contributed by atoms with Crippen LogP contribution in [0.5, 0.6) is 0 Å². The zero-order chi connectivity index (χ0) is 52.6. The van der Waals surface area contributed by atoms with Gasteiger partial charge in [0.2, 0.25) is 6.54 Å². The minimum atomic E-state index is -2.41. The van der Waals surface area contributed by atoms with Crippen molar-refractivity contribution in [1.82, 2.24) is 28.4 Å². The molecule has 3 N–H and O–H groups in total. The Morgan fingerprint density at radius 1 is 0.812 bits per heavy atom. The maximum Gasteiger partial charge on any atom is 0.330 e. The van der Waals surface area contributed by atoms with E-state index in [1.165, 1.54) is 27.3 Å².